The maximum Gasteiger partial charge on any atom is 0.410 e. The third kappa shape index (κ3) is 5.46. The Hall–Kier alpha value is -3.46. The van der Waals surface area contributed by atoms with Crippen LogP contribution in [0.2, 0.25) is 0 Å². The highest BCUT2D eigenvalue weighted by Crippen LogP contribution is 2.28. The van der Waals surface area contributed by atoms with Gasteiger partial charge in [0, 0.05) is 42.9 Å². The fourth-order valence-electron chi connectivity index (χ4n) is 5.09. The number of nitrogens with one attached hydrogen (secondary N) is 1. The number of benzene rings is 1. The first kappa shape index (κ1) is 25.2. The first-order chi connectivity index (χ1) is 17.7. The van der Waals surface area contributed by atoms with Crippen LogP contribution in [0.15, 0.2) is 41.3 Å². The summed E-state index contributed by atoms with van der Waals surface area (Å²) in [6.45, 7) is 9.88. The van der Waals surface area contributed by atoms with Gasteiger partial charge in [-0.1, -0.05) is 24.3 Å². The average molecular weight is 506 g/mol. The number of carbonyl (C=O) groups excluding carboxylic acids is 1. The quantitative estimate of drug-likeness (QED) is 0.556. The summed E-state index contributed by atoms with van der Waals surface area (Å²) in [4.78, 5) is 37.5. The molecule has 1 aromatic carbocycles. The molecule has 2 aliphatic heterocycles. The van der Waals surface area contributed by atoms with Crippen molar-refractivity contribution in [3.8, 4) is 11.1 Å². The van der Waals surface area contributed by atoms with Gasteiger partial charge in [-0.2, -0.15) is 4.98 Å². The predicted molar refractivity (Wildman–Crippen MR) is 143 cm³/mol. The van der Waals surface area contributed by atoms with E-state index in [1.165, 1.54) is 0 Å². The second-order valence-corrected chi connectivity index (χ2v) is 10.9. The maximum atomic E-state index is 13.8. The van der Waals surface area contributed by atoms with Crippen LogP contribution in [-0.4, -0.2) is 63.5 Å². The molecule has 37 heavy (non-hydrogen) atoms. The van der Waals surface area contributed by atoms with E-state index in [1.54, 1.807) is 15.7 Å². The Labute approximate surface area is 216 Å². The molecule has 5 rings (SSSR count). The van der Waals surface area contributed by atoms with Gasteiger partial charge in [0.1, 0.15) is 11.2 Å². The lowest BCUT2D eigenvalue weighted by molar-refractivity contribution is 0.0206. The summed E-state index contributed by atoms with van der Waals surface area (Å²) >= 11 is 0. The van der Waals surface area contributed by atoms with E-state index in [1.807, 2.05) is 58.0 Å². The molecule has 0 saturated carbocycles. The monoisotopic (exact) mass is 505 g/mol. The van der Waals surface area contributed by atoms with Gasteiger partial charge in [-0.3, -0.25) is 9.36 Å². The molecule has 2 saturated heterocycles. The van der Waals surface area contributed by atoms with Gasteiger partial charge in [0.25, 0.3) is 5.56 Å². The summed E-state index contributed by atoms with van der Waals surface area (Å²) in [5.41, 5.74) is 2.57. The Morgan fingerprint density at radius 1 is 1.19 bits per heavy atom. The number of anilines is 1. The number of fused-ring (bicyclic) bond motifs is 1. The third-order valence-corrected chi connectivity index (χ3v) is 6.89. The fraction of sp³-hybridized carbons (Fsp3) is 0.500. The molecule has 1 amide bonds. The molecule has 2 aliphatic rings. The van der Waals surface area contributed by atoms with Crippen molar-refractivity contribution in [2.24, 2.45) is 0 Å². The Morgan fingerprint density at radius 3 is 2.73 bits per heavy atom. The van der Waals surface area contributed by atoms with Gasteiger partial charge in [-0.15, -0.1) is 0 Å². The second kappa shape index (κ2) is 10.1. The van der Waals surface area contributed by atoms with Crippen molar-refractivity contribution in [2.45, 2.75) is 64.6 Å². The topological polar surface area (TPSA) is 98.6 Å². The van der Waals surface area contributed by atoms with E-state index in [-0.39, 0.29) is 23.7 Å². The van der Waals surface area contributed by atoms with Crippen LogP contribution in [0.3, 0.4) is 0 Å². The number of carbonyl (C=O) groups is 1. The molecule has 2 atom stereocenters. The van der Waals surface area contributed by atoms with E-state index >= 15 is 0 Å². The van der Waals surface area contributed by atoms with Crippen LogP contribution in [0.4, 0.5) is 10.7 Å². The third-order valence-electron chi connectivity index (χ3n) is 6.89. The van der Waals surface area contributed by atoms with Crippen LogP contribution < -0.4 is 10.9 Å². The summed E-state index contributed by atoms with van der Waals surface area (Å²) in [7, 11) is 0. The van der Waals surface area contributed by atoms with Crippen molar-refractivity contribution >= 4 is 23.1 Å². The molecule has 0 bridgehead atoms. The van der Waals surface area contributed by atoms with E-state index < -0.39 is 5.60 Å². The van der Waals surface area contributed by atoms with Gasteiger partial charge < -0.3 is 19.7 Å². The Kier molecular flexibility index (Phi) is 6.90. The highest BCUT2D eigenvalue weighted by atomic mass is 16.6. The molecule has 0 aliphatic carbocycles. The zero-order chi connectivity index (χ0) is 26.2. The molecule has 9 nitrogen and oxygen atoms in total. The van der Waals surface area contributed by atoms with Crippen molar-refractivity contribution in [1.82, 2.24) is 19.4 Å². The zero-order valence-corrected chi connectivity index (χ0v) is 22.0. The largest absolute Gasteiger partial charge is 0.444 e. The molecule has 2 fully saturated rings. The Balaban J connectivity index is 1.47. The van der Waals surface area contributed by atoms with E-state index in [0.29, 0.717) is 43.5 Å². The molecule has 0 unspecified atom stereocenters. The minimum Gasteiger partial charge on any atom is -0.444 e. The average Bonchev–Trinajstić information content (AvgIpc) is 3.38. The van der Waals surface area contributed by atoms with Crippen molar-refractivity contribution in [3.63, 3.8) is 0 Å². The molecule has 196 valence electrons. The number of piperidine rings is 1. The maximum absolute atomic E-state index is 13.8. The molecule has 0 spiro atoms. The van der Waals surface area contributed by atoms with E-state index in [2.05, 4.69) is 10.3 Å². The lowest BCUT2D eigenvalue weighted by Gasteiger charge is -2.34. The lowest BCUT2D eigenvalue weighted by Crippen LogP contribution is -2.47. The molecule has 4 heterocycles. The molecule has 2 aromatic heterocycles. The zero-order valence-electron chi connectivity index (χ0n) is 22.0. The first-order valence-electron chi connectivity index (χ1n) is 13.0. The number of rotatable bonds is 4. The number of ether oxygens (including phenoxy) is 2. The van der Waals surface area contributed by atoms with Crippen LogP contribution in [-0.2, 0) is 9.47 Å². The first-order valence-corrected chi connectivity index (χ1v) is 13.0. The number of nitrogens with zero attached hydrogens (tertiary/aromatic N) is 4. The van der Waals surface area contributed by atoms with Crippen LogP contribution in [0.1, 0.15) is 51.6 Å². The predicted octanol–water partition coefficient (Wildman–Crippen LogP) is 4.54. The van der Waals surface area contributed by atoms with Crippen molar-refractivity contribution < 1.29 is 14.3 Å². The van der Waals surface area contributed by atoms with Gasteiger partial charge in [0.05, 0.1) is 12.6 Å². The highest BCUT2D eigenvalue weighted by Gasteiger charge is 2.29. The lowest BCUT2D eigenvalue weighted by atomic mass is 10.0. The smallest absolute Gasteiger partial charge is 0.410 e. The summed E-state index contributed by atoms with van der Waals surface area (Å²) in [5.74, 6) is 0.444. The van der Waals surface area contributed by atoms with Gasteiger partial charge in [0.2, 0.25) is 5.95 Å². The molecular formula is C28H35N5O4. The van der Waals surface area contributed by atoms with Gasteiger partial charge in [-0.05, 0) is 64.2 Å². The second-order valence-electron chi connectivity index (χ2n) is 10.9. The molecule has 0 radical (unpaired) electrons. The van der Waals surface area contributed by atoms with E-state index in [0.717, 1.165) is 35.8 Å². The Bertz CT molecular complexity index is 1360. The van der Waals surface area contributed by atoms with Crippen LogP contribution in [0.5, 0.6) is 0 Å². The number of likely N-dealkylation sites (tertiary alicyclic amines) is 1. The van der Waals surface area contributed by atoms with Crippen LogP contribution >= 0.6 is 0 Å². The highest BCUT2D eigenvalue weighted by molar-refractivity contribution is 5.82. The van der Waals surface area contributed by atoms with Gasteiger partial charge in [0.15, 0.2) is 0 Å². The molecular weight excluding hydrogens is 470 g/mol. The molecule has 9 heteroatoms. The minimum absolute atomic E-state index is 0.0139. The normalized spacial score (nSPS) is 20.3. The number of aryl methyl sites for hydroxylation is 1. The summed E-state index contributed by atoms with van der Waals surface area (Å²) in [6, 6.07) is 9.70. The molecule has 3 aromatic rings. The minimum atomic E-state index is -0.538. The number of pyridine rings is 1. The van der Waals surface area contributed by atoms with Gasteiger partial charge >= 0.3 is 6.09 Å². The number of aromatic nitrogens is 3. The van der Waals surface area contributed by atoms with Crippen molar-refractivity contribution in [2.75, 3.05) is 31.6 Å². The number of hydrogen-bond acceptors (Lipinski definition) is 7. The summed E-state index contributed by atoms with van der Waals surface area (Å²) < 4.78 is 13.0. The SMILES string of the molecule is Cc1ccccc1-c1cc2cnc(N[C@H]3CCCN(C(=O)OC(C)(C)C)C3)nc2n([C@@H]2CCOC2)c1=O. The number of amides is 1. The van der Waals surface area contributed by atoms with E-state index in [9.17, 15) is 9.59 Å². The fourth-order valence-corrected chi connectivity index (χ4v) is 5.09. The molecule has 1 N–H and O–H groups in total. The summed E-state index contributed by atoms with van der Waals surface area (Å²) in [6.07, 6.45) is 3.96. The number of hydrogen-bond donors (Lipinski definition) is 1. The Morgan fingerprint density at radius 2 is 2.00 bits per heavy atom. The summed E-state index contributed by atoms with van der Waals surface area (Å²) in [5, 5.41) is 4.20. The van der Waals surface area contributed by atoms with Crippen LogP contribution in [0, 0.1) is 6.92 Å². The standard InChI is InChI=1S/C28H35N5O4/c1-18-8-5-6-10-22(18)23-14-19-15-29-26(31-24(19)33(25(23)34)21-11-13-36-17-21)30-20-9-7-12-32(16-20)27(35)37-28(2,3)4/h5-6,8,10,14-15,20-21H,7,9,11-13,16-17H2,1-4H3,(H,29,30,31)/t20-,21+/m0/s1. The van der Waals surface area contributed by atoms with Crippen molar-refractivity contribution in [3.05, 3.63) is 52.4 Å². The van der Waals surface area contributed by atoms with Gasteiger partial charge in [-0.25, -0.2) is 9.78 Å². The van der Waals surface area contributed by atoms with Crippen LogP contribution in [0.25, 0.3) is 22.2 Å². The van der Waals surface area contributed by atoms with E-state index in [4.69, 9.17) is 14.5 Å². The van der Waals surface area contributed by atoms with Crippen molar-refractivity contribution in [1.29, 1.82) is 0 Å².